The molecule has 0 saturated carbocycles. The van der Waals surface area contributed by atoms with E-state index in [1.807, 2.05) is 59.2 Å². The van der Waals surface area contributed by atoms with E-state index in [1.165, 1.54) is 0 Å². The van der Waals surface area contributed by atoms with Crippen LogP contribution >= 0.6 is 0 Å². The summed E-state index contributed by atoms with van der Waals surface area (Å²) in [6.07, 6.45) is 1.75. The van der Waals surface area contributed by atoms with Gasteiger partial charge in [-0.3, -0.25) is 4.57 Å². The van der Waals surface area contributed by atoms with Crippen LogP contribution in [-0.4, -0.2) is 19.6 Å². The van der Waals surface area contributed by atoms with Gasteiger partial charge in [-0.1, -0.05) is 30.3 Å². The maximum Gasteiger partial charge on any atom is 0.144 e. The highest BCUT2D eigenvalue weighted by Gasteiger charge is 2.11. The van der Waals surface area contributed by atoms with Crippen molar-refractivity contribution in [2.75, 3.05) is 0 Å². The lowest BCUT2D eigenvalue weighted by atomic mass is 10.1. The zero-order chi connectivity index (χ0) is 14.2. The lowest BCUT2D eigenvalue weighted by Gasteiger charge is -2.10. The molecule has 0 fully saturated rings. The Balaban J connectivity index is 2.04. The molecule has 2 heterocycles. The third-order valence-electron chi connectivity index (χ3n) is 3.63. The molecule has 4 nitrogen and oxygen atoms in total. The van der Waals surface area contributed by atoms with Gasteiger partial charge in [0.05, 0.1) is 23.2 Å². The third kappa shape index (κ3) is 1.88. The summed E-state index contributed by atoms with van der Waals surface area (Å²) >= 11 is 0. The van der Waals surface area contributed by atoms with Crippen molar-refractivity contribution in [1.29, 1.82) is 0 Å². The van der Waals surface area contributed by atoms with Gasteiger partial charge in [0.1, 0.15) is 12.1 Å². The van der Waals surface area contributed by atoms with Gasteiger partial charge in [-0.15, -0.1) is 0 Å². The average molecular weight is 275 g/mol. The lowest BCUT2D eigenvalue weighted by Crippen LogP contribution is -2.02. The molecule has 0 saturated heterocycles. The minimum absolute atomic E-state index is 0.0559. The van der Waals surface area contributed by atoms with E-state index in [9.17, 15) is 5.11 Å². The SMILES string of the molecule is OCc1cc2ccccc2nc1-n1cnc2ccccc21. The fraction of sp³-hybridized carbons (Fsp3) is 0.0588. The summed E-state index contributed by atoms with van der Waals surface area (Å²) in [5.74, 6) is 0.727. The van der Waals surface area contributed by atoms with Crippen molar-refractivity contribution in [3.05, 3.63) is 66.5 Å². The predicted octanol–water partition coefficient (Wildman–Crippen LogP) is 3.07. The maximum absolute atomic E-state index is 9.68. The van der Waals surface area contributed by atoms with Crippen LogP contribution in [-0.2, 0) is 6.61 Å². The molecule has 0 aliphatic rings. The molecule has 21 heavy (non-hydrogen) atoms. The summed E-state index contributed by atoms with van der Waals surface area (Å²) in [7, 11) is 0. The second-order valence-electron chi connectivity index (χ2n) is 4.93. The number of fused-ring (bicyclic) bond motifs is 2. The highest BCUT2D eigenvalue weighted by molar-refractivity contribution is 5.82. The topological polar surface area (TPSA) is 50.9 Å². The van der Waals surface area contributed by atoms with Crippen molar-refractivity contribution in [2.24, 2.45) is 0 Å². The average Bonchev–Trinajstić information content (AvgIpc) is 2.97. The summed E-state index contributed by atoms with van der Waals surface area (Å²) < 4.78 is 1.92. The first-order valence-corrected chi connectivity index (χ1v) is 6.79. The summed E-state index contributed by atoms with van der Waals surface area (Å²) in [5, 5.41) is 10.7. The number of imidazole rings is 1. The molecule has 0 aliphatic heterocycles. The van der Waals surface area contributed by atoms with Gasteiger partial charge in [0.2, 0.25) is 0 Å². The Kier molecular flexibility index (Phi) is 2.69. The molecule has 0 unspecified atom stereocenters. The molecule has 102 valence electrons. The Labute approximate surface area is 121 Å². The smallest absolute Gasteiger partial charge is 0.144 e. The van der Waals surface area contributed by atoms with Crippen molar-refractivity contribution in [1.82, 2.24) is 14.5 Å². The molecule has 1 N–H and O–H groups in total. The Bertz CT molecular complexity index is 943. The summed E-state index contributed by atoms with van der Waals surface area (Å²) in [5.41, 5.74) is 3.59. The fourth-order valence-electron chi connectivity index (χ4n) is 2.60. The molecule has 0 atom stereocenters. The zero-order valence-electron chi connectivity index (χ0n) is 11.3. The highest BCUT2D eigenvalue weighted by Crippen LogP contribution is 2.23. The van der Waals surface area contributed by atoms with Gasteiger partial charge < -0.3 is 5.11 Å². The largest absolute Gasteiger partial charge is 0.392 e. The molecule has 2 aromatic carbocycles. The van der Waals surface area contributed by atoms with Crippen LogP contribution in [0.2, 0.25) is 0 Å². The van der Waals surface area contributed by atoms with Gasteiger partial charge in [-0.05, 0) is 24.3 Å². The van der Waals surface area contributed by atoms with E-state index in [2.05, 4.69) is 4.98 Å². The highest BCUT2D eigenvalue weighted by atomic mass is 16.3. The van der Waals surface area contributed by atoms with Gasteiger partial charge in [-0.2, -0.15) is 0 Å². The van der Waals surface area contributed by atoms with E-state index < -0.39 is 0 Å². The molecule has 4 heteroatoms. The van der Waals surface area contributed by atoms with Crippen molar-refractivity contribution in [2.45, 2.75) is 6.61 Å². The third-order valence-corrected chi connectivity index (χ3v) is 3.63. The summed E-state index contributed by atoms with van der Waals surface area (Å²) in [6, 6.07) is 17.8. The Morgan fingerprint density at radius 3 is 2.57 bits per heavy atom. The number of rotatable bonds is 2. The Hall–Kier alpha value is -2.72. The normalized spacial score (nSPS) is 11.3. The molecule has 0 bridgehead atoms. The van der Waals surface area contributed by atoms with Crippen LogP contribution in [0.3, 0.4) is 0 Å². The van der Waals surface area contributed by atoms with Crippen LogP contribution in [0, 0.1) is 0 Å². The zero-order valence-corrected chi connectivity index (χ0v) is 11.3. The molecule has 4 aromatic rings. The van der Waals surface area contributed by atoms with E-state index >= 15 is 0 Å². The molecule has 2 aromatic heterocycles. The Morgan fingerprint density at radius 1 is 0.952 bits per heavy atom. The minimum atomic E-state index is -0.0559. The van der Waals surface area contributed by atoms with E-state index in [0.29, 0.717) is 0 Å². The van der Waals surface area contributed by atoms with Crippen LogP contribution in [0.4, 0.5) is 0 Å². The maximum atomic E-state index is 9.68. The van der Waals surface area contributed by atoms with E-state index in [0.717, 1.165) is 33.3 Å². The Morgan fingerprint density at radius 2 is 1.71 bits per heavy atom. The number of aromatic nitrogens is 3. The van der Waals surface area contributed by atoms with Gasteiger partial charge in [-0.25, -0.2) is 9.97 Å². The molecule has 4 rings (SSSR count). The van der Waals surface area contributed by atoms with Crippen molar-refractivity contribution in [3.8, 4) is 5.82 Å². The molecule has 0 aliphatic carbocycles. The second-order valence-corrected chi connectivity index (χ2v) is 4.93. The molecular formula is C17H13N3O. The molecule has 0 spiro atoms. The van der Waals surface area contributed by atoms with Crippen LogP contribution in [0.5, 0.6) is 0 Å². The first kappa shape index (κ1) is 12.1. The van der Waals surface area contributed by atoms with Gasteiger partial charge in [0.25, 0.3) is 0 Å². The quantitative estimate of drug-likeness (QED) is 0.611. The monoisotopic (exact) mass is 275 g/mol. The van der Waals surface area contributed by atoms with Crippen molar-refractivity contribution >= 4 is 21.9 Å². The van der Waals surface area contributed by atoms with Crippen molar-refractivity contribution in [3.63, 3.8) is 0 Å². The predicted molar refractivity (Wildman–Crippen MR) is 82.3 cm³/mol. The van der Waals surface area contributed by atoms with Crippen LogP contribution in [0.25, 0.3) is 27.8 Å². The number of nitrogens with zero attached hydrogens (tertiary/aromatic N) is 3. The minimum Gasteiger partial charge on any atom is -0.392 e. The van der Waals surface area contributed by atoms with Gasteiger partial charge in [0, 0.05) is 10.9 Å². The number of aliphatic hydroxyl groups excluding tert-OH is 1. The molecular weight excluding hydrogens is 262 g/mol. The van der Waals surface area contributed by atoms with Gasteiger partial charge >= 0.3 is 0 Å². The molecule has 0 radical (unpaired) electrons. The van der Waals surface area contributed by atoms with Crippen LogP contribution in [0.1, 0.15) is 5.56 Å². The number of benzene rings is 2. The van der Waals surface area contributed by atoms with E-state index in [1.54, 1.807) is 6.33 Å². The number of hydrogen-bond donors (Lipinski definition) is 1. The fourth-order valence-corrected chi connectivity index (χ4v) is 2.60. The van der Waals surface area contributed by atoms with Gasteiger partial charge in [0.15, 0.2) is 0 Å². The number of pyridine rings is 1. The number of aliphatic hydroxyl groups is 1. The molecule has 0 amide bonds. The first-order chi connectivity index (χ1) is 10.4. The van der Waals surface area contributed by atoms with E-state index in [4.69, 9.17) is 4.98 Å². The van der Waals surface area contributed by atoms with Crippen LogP contribution in [0.15, 0.2) is 60.9 Å². The standard InChI is InChI=1S/C17H13N3O/c21-10-13-9-12-5-1-2-6-14(12)19-17(13)20-11-18-15-7-3-4-8-16(15)20/h1-9,11,21H,10H2. The lowest BCUT2D eigenvalue weighted by molar-refractivity contribution is 0.281. The van der Waals surface area contributed by atoms with Crippen LogP contribution < -0.4 is 0 Å². The summed E-state index contributed by atoms with van der Waals surface area (Å²) in [6.45, 7) is -0.0559. The summed E-state index contributed by atoms with van der Waals surface area (Å²) in [4.78, 5) is 9.09. The number of para-hydroxylation sites is 3. The van der Waals surface area contributed by atoms with Crippen molar-refractivity contribution < 1.29 is 5.11 Å². The first-order valence-electron chi connectivity index (χ1n) is 6.79. The second kappa shape index (κ2) is 4.68. The van der Waals surface area contributed by atoms with E-state index in [-0.39, 0.29) is 6.61 Å². The number of hydrogen-bond acceptors (Lipinski definition) is 3.